The van der Waals surface area contributed by atoms with E-state index in [1.54, 1.807) is 7.05 Å². The highest BCUT2D eigenvalue weighted by molar-refractivity contribution is 7.09. The number of carbonyl (C=O) groups excluding carboxylic acids is 1. The van der Waals surface area contributed by atoms with Gasteiger partial charge in [-0.1, -0.05) is 0 Å². The van der Waals surface area contributed by atoms with Gasteiger partial charge in [-0.2, -0.15) is 0 Å². The van der Waals surface area contributed by atoms with Crippen LogP contribution in [0, 0.1) is 6.92 Å². The monoisotopic (exact) mass is 210 g/mol. The van der Waals surface area contributed by atoms with E-state index in [2.05, 4.69) is 20.6 Å². The molecule has 1 amide bonds. The largest absolute Gasteiger partial charge is 0.339 e. The SMILES string of the molecule is CN=C1NC(=O)C(c2nc(C)cs2)N1. The van der Waals surface area contributed by atoms with Crippen molar-refractivity contribution < 1.29 is 4.79 Å². The molecule has 1 fully saturated rings. The molecule has 5 nitrogen and oxygen atoms in total. The van der Waals surface area contributed by atoms with Crippen LogP contribution in [0.15, 0.2) is 10.4 Å². The zero-order valence-corrected chi connectivity index (χ0v) is 8.68. The van der Waals surface area contributed by atoms with Crippen LogP contribution in [0.3, 0.4) is 0 Å². The van der Waals surface area contributed by atoms with E-state index in [1.165, 1.54) is 11.3 Å². The summed E-state index contributed by atoms with van der Waals surface area (Å²) < 4.78 is 0. The fourth-order valence-electron chi connectivity index (χ4n) is 1.23. The summed E-state index contributed by atoms with van der Waals surface area (Å²) in [4.78, 5) is 19.6. The van der Waals surface area contributed by atoms with E-state index in [9.17, 15) is 4.79 Å². The number of guanidine groups is 1. The predicted molar refractivity (Wildman–Crippen MR) is 54.2 cm³/mol. The molecule has 1 saturated heterocycles. The van der Waals surface area contributed by atoms with Gasteiger partial charge in [0.2, 0.25) is 0 Å². The van der Waals surface area contributed by atoms with E-state index < -0.39 is 0 Å². The summed E-state index contributed by atoms with van der Waals surface area (Å²) >= 11 is 1.47. The average molecular weight is 210 g/mol. The number of nitrogens with zero attached hydrogens (tertiary/aromatic N) is 2. The summed E-state index contributed by atoms with van der Waals surface area (Å²) in [5.41, 5.74) is 0.932. The molecular weight excluding hydrogens is 200 g/mol. The summed E-state index contributed by atoms with van der Waals surface area (Å²) in [5.74, 6) is 0.410. The topological polar surface area (TPSA) is 66.4 Å². The molecule has 1 aromatic rings. The lowest BCUT2D eigenvalue weighted by molar-refractivity contribution is -0.120. The Bertz CT molecular complexity index is 398. The van der Waals surface area contributed by atoms with Crippen molar-refractivity contribution >= 4 is 23.2 Å². The third-order valence-corrected chi connectivity index (χ3v) is 2.92. The number of aromatic nitrogens is 1. The number of amides is 1. The minimum atomic E-state index is -0.382. The molecule has 2 rings (SSSR count). The van der Waals surface area contributed by atoms with Crippen molar-refractivity contribution in [2.75, 3.05) is 7.05 Å². The van der Waals surface area contributed by atoms with E-state index in [4.69, 9.17) is 0 Å². The van der Waals surface area contributed by atoms with Crippen molar-refractivity contribution in [2.45, 2.75) is 13.0 Å². The summed E-state index contributed by atoms with van der Waals surface area (Å²) in [6.45, 7) is 1.90. The van der Waals surface area contributed by atoms with Gasteiger partial charge in [0.15, 0.2) is 12.0 Å². The molecule has 0 aliphatic carbocycles. The van der Waals surface area contributed by atoms with Crippen LogP contribution >= 0.6 is 11.3 Å². The standard InChI is InChI=1S/C8H10N4OS/c1-4-3-14-7(10-4)5-6(13)12-8(9-2)11-5/h3,5H,1-2H3,(H2,9,11,12,13). The molecule has 6 heteroatoms. The number of rotatable bonds is 1. The molecule has 0 saturated carbocycles. The number of nitrogens with one attached hydrogen (secondary N) is 2. The lowest BCUT2D eigenvalue weighted by atomic mass is 10.3. The molecule has 0 bridgehead atoms. The van der Waals surface area contributed by atoms with Gasteiger partial charge < -0.3 is 5.32 Å². The fraction of sp³-hybridized carbons (Fsp3) is 0.375. The van der Waals surface area contributed by atoms with Crippen LogP contribution in [-0.2, 0) is 4.79 Å². The summed E-state index contributed by atoms with van der Waals surface area (Å²) in [6, 6.07) is -0.382. The molecule has 1 atom stereocenters. The van der Waals surface area contributed by atoms with Gasteiger partial charge in [0, 0.05) is 18.1 Å². The van der Waals surface area contributed by atoms with Gasteiger partial charge >= 0.3 is 0 Å². The highest BCUT2D eigenvalue weighted by Gasteiger charge is 2.31. The maximum absolute atomic E-state index is 11.5. The van der Waals surface area contributed by atoms with Crippen molar-refractivity contribution in [1.29, 1.82) is 0 Å². The van der Waals surface area contributed by atoms with Crippen LogP contribution in [0.5, 0.6) is 0 Å². The second-order valence-electron chi connectivity index (χ2n) is 2.97. The summed E-state index contributed by atoms with van der Waals surface area (Å²) in [5, 5.41) is 8.28. The van der Waals surface area contributed by atoms with Crippen LogP contribution in [0.25, 0.3) is 0 Å². The van der Waals surface area contributed by atoms with E-state index in [0.717, 1.165) is 10.7 Å². The number of carbonyl (C=O) groups is 1. The molecule has 0 spiro atoms. The van der Waals surface area contributed by atoms with Crippen molar-refractivity contribution in [1.82, 2.24) is 15.6 Å². The molecule has 2 N–H and O–H groups in total. The lowest BCUT2D eigenvalue weighted by Gasteiger charge is -2.01. The molecule has 0 radical (unpaired) electrons. The van der Waals surface area contributed by atoms with Gasteiger partial charge in [0.1, 0.15) is 5.01 Å². The van der Waals surface area contributed by atoms with Gasteiger partial charge in [0.25, 0.3) is 5.91 Å². The smallest absolute Gasteiger partial charge is 0.256 e. The quantitative estimate of drug-likeness (QED) is 0.695. The first-order valence-electron chi connectivity index (χ1n) is 4.17. The third kappa shape index (κ3) is 1.48. The maximum atomic E-state index is 11.5. The normalized spacial score (nSPS) is 23.7. The fourth-order valence-corrected chi connectivity index (χ4v) is 2.07. The van der Waals surface area contributed by atoms with Gasteiger partial charge in [-0.05, 0) is 6.92 Å². The Labute approximate surface area is 85.3 Å². The zero-order chi connectivity index (χ0) is 10.1. The Hall–Kier alpha value is -1.43. The molecule has 1 aromatic heterocycles. The second-order valence-corrected chi connectivity index (χ2v) is 3.86. The first-order chi connectivity index (χ1) is 6.70. The number of aryl methyl sites for hydroxylation is 1. The number of hydrogen-bond acceptors (Lipinski definition) is 4. The molecule has 1 aliphatic heterocycles. The Morgan fingerprint density at radius 3 is 2.93 bits per heavy atom. The van der Waals surface area contributed by atoms with Crippen LogP contribution in [0.1, 0.15) is 16.7 Å². The molecule has 1 unspecified atom stereocenters. The van der Waals surface area contributed by atoms with Crippen molar-refractivity contribution in [3.05, 3.63) is 16.1 Å². The average Bonchev–Trinajstić information content (AvgIpc) is 2.71. The number of hydrogen-bond donors (Lipinski definition) is 2. The van der Waals surface area contributed by atoms with Gasteiger partial charge in [-0.25, -0.2) is 4.98 Å². The van der Waals surface area contributed by atoms with Crippen molar-refractivity contribution in [3.8, 4) is 0 Å². The molecule has 1 aliphatic rings. The molecule has 0 aromatic carbocycles. The summed E-state index contributed by atoms with van der Waals surface area (Å²) in [6.07, 6.45) is 0. The molecule has 14 heavy (non-hydrogen) atoms. The van der Waals surface area contributed by atoms with Crippen LogP contribution in [0.4, 0.5) is 0 Å². The highest BCUT2D eigenvalue weighted by Crippen LogP contribution is 2.20. The Balaban J connectivity index is 2.24. The Kier molecular flexibility index (Phi) is 2.20. The number of thiazole rings is 1. The molecular formula is C8H10N4OS. The Morgan fingerprint density at radius 2 is 2.43 bits per heavy atom. The zero-order valence-electron chi connectivity index (χ0n) is 7.87. The van der Waals surface area contributed by atoms with E-state index in [1.807, 2.05) is 12.3 Å². The van der Waals surface area contributed by atoms with Gasteiger partial charge in [-0.3, -0.25) is 15.1 Å². The Morgan fingerprint density at radius 1 is 1.64 bits per heavy atom. The first-order valence-corrected chi connectivity index (χ1v) is 5.05. The second kappa shape index (κ2) is 3.38. The maximum Gasteiger partial charge on any atom is 0.256 e. The van der Waals surface area contributed by atoms with E-state index in [0.29, 0.717) is 5.96 Å². The van der Waals surface area contributed by atoms with Gasteiger partial charge in [-0.15, -0.1) is 11.3 Å². The van der Waals surface area contributed by atoms with E-state index in [-0.39, 0.29) is 11.9 Å². The minimum absolute atomic E-state index is 0.0973. The summed E-state index contributed by atoms with van der Waals surface area (Å²) in [7, 11) is 1.62. The van der Waals surface area contributed by atoms with Crippen LogP contribution in [0.2, 0.25) is 0 Å². The van der Waals surface area contributed by atoms with Crippen LogP contribution in [-0.4, -0.2) is 23.9 Å². The van der Waals surface area contributed by atoms with Crippen molar-refractivity contribution in [2.24, 2.45) is 4.99 Å². The minimum Gasteiger partial charge on any atom is -0.339 e. The van der Waals surface area contributed by atoms with Crippen molar-refractivity contribution in [3.63, 3.8) is 0 Å². The third-order valence-electron chi connectivity index (χ3n) is 1.89. The predicted octanol–water partition coefficient (Wildman–Crippen LogP) is 0.198. The highest BCUT2D eigenvalue weighted by atomic mass is 32.1. The molecule has 74 valence electrons. The van der Waals surface area contributed by atoms with Crippen LogP contribution < -0.4 is 10.6 Å². The molecule has 2 heterocycles. The lowest BCUT2D eigenvalue weighted by Crippen LogP contribution is -2.24. The van der Waals surface area contributed by atoms with Gasteiger partial charge in [0.05, 0.1) is 0 Å². The first kappa shape index (κ1) is 9.14. The number of aliphatic imine (C=N–C) groups is 1. The van der Waals surface area contributed by atoms with E-state index >= 15 is 0 Å².